The fourth-order valence-corrected chi connectivity index (χ4v) is 2.66. The van der Waals surface area contributed by atoms with Crippen LogP contribution in [0.4, 0.5) is 0 Å². The first kappa shape index (κ1) is 14.7. The smallest absolute Gasteiger partial charge is 0.257 e. The molecule has 1 aromatic carbocycles. The van der Waals surface area contributed by atoms with Gasteiger partial charge in [-0.1, -0.05) is 0 Å². The third-order valence-electron chi connectivity index (χ3n) is 3.80. The van der Waals surface area contributed by atoms with Crippen molar-refractivity contribution in [1.82, 2.24) is 9.80 Å². The van der Waals surface area contributed by atoms with Gasteiger partial charge in [0.05, 0.1) is 12.7 Å². The number of hydrogen-bond donors (Lipinski definition) is 1. The molecule has 1 atom stereocenters. The molecule has 1 aliphatic rings. The SMILES string of the molecule is COc1ccc(O)c(C(=O)N(C)CC2CCN(C)C2)c1. The van der Waals surface area contributed by atoms with E-state index >= 15 is 0 Å². The lowest BCUT2D eigenvalue weighted by Crippen LogP contribution is -2.32. The lowest BCUT2D eigenvalue weighted by molar-refractivity contribution is 0.0770. The molecule has 1 amide bonds. The van der Waals surface area contributed by atoms with Crippen LogP contribution in [0.15, 0.2) is 18.2 Å². The number of aromatic hydroxyl groups is 1. The Bertz CT molecular complexity index is 490. The number of hydrogen-bond acceptors (Lipinski definition) is 4. The molecule has 110 valence electrons. The second kappa shape index (κ2) is 6.13. The van der Waals surface area contributed by atoms with E-state index in [9.17, 15) is 9.90 Å². The number of carbonyl (C=O) groups excluding carboxylic acids is 1. The molecular weight excluding hydrogens is 256 g/mol. The van der Waals surface area contributed by atoms with Crippen molar-refractivity contribution >= 4 is 5.91 Å². The second-order valence-electron chi connectivity index (χ2n) is 5.49. The molecule has 0 aliphatic carbocycles. The van der Waals surface area contributed by atoms with Gasteiger partial charge in [0.25, 0.3) is 5.91 Å². The van der Waals surface area contributed by atoms with E-state index in [-0.39, 0.29) is 11.7 Å². The van der Waals surface area contributed by atoms with Crippen LogP contribution in [0.5, 0.6) is 11.5 Å². The van der Waals surface area contributed by atoms with Crippen molar-refractivity contribution in [2.45, 2.75) is 6.42 Å². The van der Waals surface area contributed by atoms with Crippen LogP contribution >= 0.6 is 0 Å². The Hall–Kier alpha value is -1.75. The van der Waals surface area contributed by atoms with E-state index in [1.807, 2.05) is 0 Å². The topological polar surface area (TPSA) is 53.0 Å². The summed E-state index contributed by atoms with van der Waals surface area (Å²) in [6, 6.07) is 4.70. The normalized spacial score (nSPS) is 19.1. The molecule has 1 aliphatic heterocycles. The number of amides is 1. The van der Waals surface area contributed by atoms with Crippen LogP contribution in [-0.2, 0) is 0 Å². The molecule has 0 saturated carbocycles. The molecule has 20 heavy (non-hydrogen) atoms. The molecule has 1 unspecified atom stereocenters. The maximum absolute atomic E-state index is 12.4. The Kier molecular flexibility index (Phi) is 4.49. The van der Waals surface area contributed by atoms with E-state index in [2.05, 4.69) is 11.9 Å². The molecule has 1 aromatic rings. The van der Waals surface area contributed by atoms with Crippen molar-refractivity contribution < 1.29 is 14.6 Å². The highest BCUT2D eigenvalue weighted by atomic mass is 16.5. The highest BCUT2D eigenvalue weighted by Crippen LogP contribution is 2.25. The predicted molar refractivity (Wildman–Crippen MR) is 77.2 cm³/mol. The minimum atomic E-state index is -0.170. The summed E-state index contributed by atoms with van der Waals surface area (Å²) in [5.41, 5.74) is 0.290. The highest BCUT2D eigenvalue weighted by Gasteiger charge is 2.24. The van der Waals surface area contributed by atoms with Gasteiger partial charge in [-0.15, -0.1) is 0 Å². The van der Waals surface area contributed by atoms with Gasteiger partial charge in [0.1, 0.15) is 11.5 Å². The first-order chi connectivity index (χ1) is 9.51. The summed E-state index contributed by atoms with van der Waals surface area (Å²) in [4.78, 5) is 16.3. The summed E-state index contributed by atoms with van der Waals surface area (Å²) in [7, 11) is 5.41. The standard InChI is InChI=1S/C15H22N2O3/c1-16-7-6-11(9-16)10-17(2)15(19)13-8-12(20-3)4-5-14(13)18/h4-5,8,11,18H,6-7,9-10H2,1-3H3. The number of benzene rings is 1. The van der Waals surface area contributed by atoms with E-state index in [0.717, 1.165) is 19.5 Å². The van der Waals surface area contributed by atoms with Crippen LogP contribution in [0.2, 0.25) is 0 Å². The Morgan fingerprint density at radius 3 is 2.90 bits per heavy atom. The van der Waals surface area contributed by atoms with Crippen molar-refractivity contribution in [2.75, 3.05) is 40.8 Å². The zero-order chi connectivity index (χ0) is 14.7. The summed E-state index contributed by atoms with van der Waals surface area (Å²) >= 11 is 0. The molecular formula is C15H22N2O3. The summed E-state index contributed by atoms with van der Waals surface area (Å²) in [6.07, 6.45) is 1.11. The van der Waals surface area contributed by atoms with E-state index in [1.54, 1.807) is 31.2 Å². The van der Waals surface area contributed by atoms with Crippen LogP contribution in [0, 0.1) is 5.92 Å². The number of methoxy groups -OCH3 is 1. The number of likely N-dealkylation sites (tertiary alicyclic amines) is 1. The van der Waals surface area contributed by atoms with Crippen LogP contribution in [0.3, 0.4) is 0 Å². The Labute approximate surface area is 119 Å². The molecule has 5 nitrogen and oxygen atoms in total. The van der Waals surface area contributed by atoms with Gasteiger partial charge >= 0.3 is 0 Å². The number of nitrogens with zero attached hydrogens (tertiary/aromatic N) is 2. The van der Waals surface area contributed by atoms with Crippen molar-refractivity contribution in [1.29, 1.82) is 0 Å². The second-order valence-corrected chi connectivity index (χ2v) is 5.49. The average molecular weight is 278 g/mol. The van der Waals surface area contributed by atoms with Gasteiger partial charge in [-0.3, -0.25) is 4.79 Å². The number of carbonyl (C=O) groups is 1. The van der Waals surface area contributed by atoms with E-state index in [4.69, 9.17) is 4.74 Å². The molecule has 1 N–H and O–H groups in total. The van der Waals surface area contributed by atoms with Crippen molar-refractivity contribution in [3.8, 4) is 11.5 Å². The van der Waals surface area contributed by atoms with Crippen molar-refractivity contribution in [2.24, 2.45) is 5.92 Å². The molecule has 0 bridgehead atoms. The number of ether oxygens (including phenoxy) is 1. The third kappa shape index (κ3) is 3.22. The van der Waals surface area contributed by atoms with E-state index < -0.39 is 0 Å². The molecule has 0 aromatic heterocycles. The van der Waals surface area contributed by atoms with Gasteiger partial charge in [-0.2, -0.15) is 0 Å². The van der Waals surface area contributed by atoms with Gasteiger partial charge in [0.15, 0.2) is 0 Å². The molecule has 2 rings (SSSR count). The van der Waals surface area contributed by atoms with Gasteiger partial charge in [-0.25, -0.2) is 0 Å². The fourth-order valence-electron chi connectivity index (χ4n) is 2.66. The molecule has 1 saturated heterocycles. The van der Waals surface area contributed by atoms with Crippen LogP contribution < -0.4 is 4.74 Å². The van der Waals surface area contributed by atoms with Gasteiger partial charge < -0.3 is 19.6 Å². The van der Waals surface area contributed by atoms with Crippen molar-refractivity contribution in [3.05, 3.63) is 23.8 Å². The fraction of sp³-hybridized carbons (Fsp3) is 0.533. The van der Waals surface area contributed by atoms with Crippen LogP contribution in [-0.4, -0.2) is 61.7 Å². The molecule has 5 heteroatoms. The minimum Gasteiger partial charge on any atom is -0.507 e. The van der Waals surface area contributed by atoms with Gasteiger partial charge in [0.2, 0.25) is 0 Å². The lowest BCUT2D eigenvalue weighted by atomic mass is 10.1. The van der Waals surface area contributed by atoms with Crippen LogP contribution in [0.1, 0.15) is 16.8 Å². The Morgan fingerprint density at radius 2 is 2.30 bits per heavy atom. The summed E-state index contributed by atoms with van der Waals surface area (Å²) < 4.78 is 5.10. The Balaban J connectivity index is 2.06. The van der Waals surface area contributed by atoms with E-state index in [1.165, 1.54) is 6.07 Å². The number of phenolic OH excluding ortho intramolecular Hbond substituents is 1. The summed E-state index contributed by atoms with van der Waals surface area (Å²) in [6.45, 7) is 2.80. The highest BCUT2D eigenvalue weighted by molar-refractivity contribution is 5.97. The predicted octanol–water partition coefficient (Wildman–Crippen LogP) is 1.42. The summed E-state index contributed by atoms with van der Waals surface area (Å²) in [5.74, 6) is 0.893. The maximum atomic E-state index is 12.4. The van der Waals surface area contributed by atoms with Crippen LogP contribution in [0.25, 0.3) is 0 Å². The monoisotopic (exact) mass is 278 g/mol. The number of rotatable bonds is 4. The lowest BCUT2D eigenvalue weighted by Gasteiger charge is -2.22. The molecule has 1 heterocycles. The van der Waals surface area contributed by atoms with Gasteiger partial charge in [-0.05, 0) is 44.1 Å². The quantitative estimate of drug-likeness (QED) is 0.905. The summed E-state index contributed by atoms with van der Waals surface area (Å²) in [5, 5.41) is 9.84. The molecule has 1 fully saturated rings. The van der Waals surface area contributed by atoms with E-state index in [0.29, 0.717) is 23.8 Å². The Morgan fingerprint density at radius 1 is 1.55 bits per heavy atom. The minimum absolute atomic E-state index is 0.00816. The first-order valence-corrected chi connectivity index (χ1v) is 6.82. The zero-order valence-corrected chi connectivity index (χ0v) is 12.3. The average Bonchev–Trinajstić information content (AvgIpc) is 2.84. The van der Waals surface area contributed by atoms with Gasteiger partial charge in [0, 0.05) is 20.1 Å². The largest absolute Gasteiger partial charge is 0.507 e. The molecule has 0 spiro atoms. The zero-order valence-electron chi connectivity index (χ0n) is 12.3. The van der Waals surface area contributed by atoms with Crippen molar-refractivity contribution in [3.63, 3.8) is 0 Å². The third-order valence-corrected chi connectivity index (χ3v) is 3.80. The number of phenols is 1. The maximum Gasteiger partial charge on any atom is 0.257 e. The molecule has 0 radical (unpaired) electrons. The first-order valence-electron chi connectivity index (χ1n) is 6.82.